The Hall–Kier alpha value is -2.47. The molecule has 3 nitrogen and oxygen atoms in total. The van der Waals surface area contributed by atoms with Crippen molar-refractivity contribution in [3.8, 4) is 11.8 Å². The third-order valence-electron chi connectivity index (χ3n) is 3.19. The Morgan fingerprint density at radius 3 is 2.25 bits per heavy atom. The van der Waals surface area contributed by atoms with Gasteiger partial charge in [-0.1, -0.05) is 29.8 Å². The Morgan fingerprint density at radius 2 is 1.70 bits per heavy atom. The normalized spacial score (nSPS) is 9.85. The van der Waals surface area contributed by atoms with Gasteiger partial charge >= 0.3 is 0 Å². The van der Waals surface area contributed by atoms with Crippen molar-refractivity contribution >= 4 is 5.69 Å². The molecule has 0 aromatic heterocycles. The van der Waals surface area contributed by atoms with E-state index in [2.05, 4.69) is 42.2 Å². The summed E-state index contributed by atoms with van der Waals surface area (Å²) in [5, 5.41) is 9.00. The number of anilines is 1. The molecular weight excluding hydrogens is 248 g/mol. The number of benzene rings is 2. The first-order valence-corrected chi connectivity index (χ1v) is 6.54. The van der Waals surface area contributed by atoms with Crippen molar-refractivity contribution in [1.29, 1.82) is 5.26 Å². The largest absolute Gasteiger partial charge is 0.497 e. The molecule has 0 saturated heterocycles. The number of methoxy groups -OCH3 is 1. The molecule has 0 N–H and O–H groups in total. The van der Waals surface area contributed by atoms with Crippen LogP contribution >= 0.6 is 0 Å². The van der Waals surface area contributed by atoms with E-state index < -0.39 is 0 Å². The molecule has 0 saturated carbocycles. The summed E-state index contributed by atoms with van der Waals surface area (Å²) in [7, 11) is 1.66. The molecular formula is C17H18N2O. The van der Waals surface area contributed by atoms with E-state index in [9.17, 15) is 0 Å². The van der Waals surface area contributed by atoms with Gasteiger partial charge in [0.25, 0.3) is 0 Å². The molecule has 0 atom stereocenters. The van der Waals surface area contributed by atoms with Gasteiger partial charge in [-0.2, -0.15) is 5.26 Å². The first-order valence-electron chi connectivity index (χ1n) is 6.54. The number of hydrogen-bond donors (Lipinski definition) is 0. The van der Waals surface area contributed by atoms with E-state index in [0.717, 1.165) is 17.0 Å². The van der Waals surface area contributed by atoms with Crippen molar-refractivity contribution in [3.05, 3.63) is 59.7 Å². The fourth-order valence-electron chi connectivity index (χ4n) is 2.03. The van der Waals surface area contributed by atoms with Gasteiger partial charge < -0.3 is 9.64 Å². The fraction of sp³-hybridized carbons (Fsp3) is 0.235. The first kappa shape index (κ1) is 14.0. The zero-order chi connectivity index (χ0) is 14.4. The predicted octanol–water partition coefficient (Wildman–Crippen LogP) is 3.53. The van der Waals surface area contributed by atoms with Crippen molar-refractivity contribution in [2.45, 2.75) is 13.5 Å². The van der Waals surface area contributed by atoms with Crippen LogP contribution in [-0.2, 0) is 6.54 Å². The van der Waals surface area contributed by atoms with Crippen LogP contribution in [0.2, 0.25) is 0 Å². The lowest BCUT2D eigenvalue weighted by Gasteiger charge is -2.22. The Bertz CT molecular complexity index is 582. The molecule has 102 valence electrons. The van der Waals surface area contributed by atoms with Crippen LogP contribution in [0.1, 0.15) is 11.1 Å². The standard InChI is InChI=1S/C17H18N2O/c1-14-3-7-16(8-4-14)19(12-11-18)13-15-5-9-17(20-2)10-6-15/h3-10H,12-13H2,1-2H3. The summed E-state index contributed by atoms with van der Waals surface area (Å²) in [5.74, 6) is 0.843. The van der Waals surface area contributed by atoms with Crippen LogP contribution in [0.4, 0.5) is 5.69 Å². The minimum absolute atomic E-state index is 0.370. The highest BCUT2D eigenvalue weighted by Crippen LogP contribution is 2.19. The zero-order valence-corrected chi connectivity index (χ0v) is 11.8. The van der Waals surface area contributed by atoms with E-state index in [-0.39, 0.29) is 0 Å². The second-order valence-corrected chi connectivity index (χ2v) is 4.70. The average Bonchev–Trinajstić information content (AvgIpc) is 2.48. The minimum Gasteiger partial charge on any atom is -0.497 e. The number of nitriles is 1. The molecule has 0 aliphatic heterocycles. The topological polar surface area (TPSA) is 36.3 Å². The van der Waals surface area contributed by atoms with Crippen molar-refractivity contribution in [2.75, 3.05) is 18.6 Å². The Labute approximate surface area is 120 Å². The second kappa shape index (κ2) is 6.63. The van der Waals surface area contributed by atoms with Crippen LogP contribution in [0.5, 0.6) is 5.75 Å². The summed E-state index contributed by atoms with van der Waals surface area (Å²) in [6, 6.07) is 18.4. The molecule has 0 radical (unpaired) electrons. The summed E-state index contributed by atoms with van der Waals surface area (Å²) in [4.78, 5) is 2.06. The highest BCUT2D eigenvalue weighted by molar-refractivity contribution is 5.49. The fourth-order valence-corrected chi connectivity index (χ4v) is 2.03. The lowest BCUT2D eigenvalue weighted by Crippen LogP contribution is -2.22. The van der Waals surface area contributed by atoms with E-state index in [0.29, 0.717) is 13.1 Å². The number of nitrogens with zero attached hydrogens (tertiary/aromatic N) is 2. The van der Waals surface area contributed by atoms with Gasteiger partial charge in [0.15, 0.2) is 0 Å². The Kier molecular flexibility index (Phi) is 4.62. The number of hydrogen-bond acceptors (Lipinski definition) is 3. The maximum absolute atomic E-state index is 9.00. The first-order chi connectivity index (χ1) is 9.72. The molecule has 0 fully saturated rings. The molecule has 0 bridgehead atoms. The molecule has 2 rings (SSSR count). The van der Waals surface area contributed by atoms with Crippen LogP contribution in [0.3, 0.4) is 0 Å². The molecule has 2 aromatic rings. The monoisotopic (exact) mass is 266 g/mol. The SMILES string of the molecule is COc1ccc(CN(CC#N)c2ccc(C)cc2)cc1. The van der Waals surface area contributed by atoms with Gasteiger partial charge in [0, 0.05) is 12.2 Å². The third-order valence-corrected chi connectivity index (χ3v) is 3.19. The smallest absolute Gasteiger partial charge is 0.118 e. The van der Waals surface area contributed by atoms with Gasteiger partial charge in [-0.3, -0.25) is 0 Å². The lowest BCUT2D eigenvalue weighted by atomic mass is 10.1. The second-order valence-electron chi connectivity index (χ2n) is 4.70. The van der Waals surface area contributed by atoms with Gasteiger partial charge in [0.1, 0.15) is 12.3 Å². The number of rotatable bonds is 5. The van der Waals surface area contributed by atoms with E-state index in [1.165, 1.54) is 5.56 Å². The zero-order valence-electron chi connectivity index (χ0n) is 11.8. The molecule has 3 heteroatoms. The summed E-state index contributed by atoms with van der Waals surface area (Å²) in [5.41, 5.74) is 3.43. The average molecular weight is 266 g/mol. The van der Waals surface area contributed by atoms with Crippen LogP contribution < -0.4 is 9.64 Å². The van der Waals surface area contributed by atoms with E-state index >= 15 is 0 Å². The van der Waals surface area contributed by atoms with Gasteiger partial charge in [-0.05, 0) is 36.8 Å². The molecule has 0 unspecified atom stereocenters. The van der Waals surface area contributed by atoms with E-state index in [4.69, 9.17) is 10.00 Å². The molecule has 0 heterocycles. The summed E-state index contributed by atoms with van der Waals surface area (Å²) in [6.45, 7) is 3.14. The van der Waals surface area contributed by atoms with Crippen LogP contribution in [0, 0.1) is 18.3 Å². The third kappa shape index (κ3) is 3.52. The Morgan fingerprint density at radius 1 is 1.05 bits per heavy atom. The number of ether oxygens (including phenoxy) is 1. The van der Waals surface area contributed by atoms with Crippen LogP contribution in [0.15, 0.2) is 48.5 Å². The van der Waals surface area contributed by atoms with E-state index in [1.54, 1.807) is 7.11 Å². The Balaban J connectivity index is 2.16. The summed E-state index contributed by atoms with van der Waals surface area (Å²) >= 11 is 0. The summed E-state index contributed by atoms with van der Waals surface area (Å²) in [6.07, 6.45) is 0. The molecule has 0 amide bonds. The molecule has 0 aliphatic carbocycles. The highest BCUT2D eigenvalue weighted by Gasteiger charge is 2.07. The maximum Gasteiger partial charge on any atom is 0.118 e. The molecule has 2 aromatic carbocycles. The molecule has 20 heavy (non-hydrogen) atoms. The quantitative estimate of drug-likeness (QED) is 0.777. The van der Waals surface area contributed by atoms with Crippen molar-refractivity contribution in [1.82, 2.24) is 0 Å². The van der Waals surface area contributed by atoms with Crippen LogP contribution in [0.25, 0.3) is 0 Å². The highest BCUT2D eigenvalue weighted by atomic mass is 16.5. The number of aryl methyl sites for hydroxylation is 1. The predicted molar refractivity (Wildman–Crippen MR) is 80.8 cm³/mol. The van der Waals surface area contributed by atoms with Gasteiger partial charge in [-0.15, -0.1) is 0 Å². The minimum atomic E-state index is 0.370. The van der Waals surface area contributed by atoms with Crippen LogP contribution in [-0.4, -0.2) is 13.7 Å². The van der Waals surface area contributed by atoms with E-state index in [1.807, 2.05) is 24.3 Å². The maximum atomic E-state index is 9.00. The van der Waals surface area contributed by atoms with Crippen molar-refractivity contribution < 1.29 is 4.74 Å². The van der Waals surface area contributed by atoms with Gasteiger partial charge in [-0.25, -0.2) is 0 Å². The van der Waals surface area contributed by atoms with Crippen molar-refractivity contribution in [2.24, 2.45) is 0 Å². The van der Waals surface area contributed by atoms with Crippen molar-refractivity contribution in [3.63, 3.8) is 0 Å². The summed E-state index contributed by atoms with van der Waals surface area (Å²) < 4.78 is 5.15. The van der Waals surface area contributed by atoms with Gasteiger partial charge in [0.2, 0.25) is 0 Å². The molecule has 0 aliphatic rings. The molecule has 0 spiro atoms. The lowest BCUT2D eigenvalue weighted by molar-refractivity contribution is 0.414. The van der Waals surface area contributed by atoms with Gasteiger partial charge in [0.05, 0.1) is 13.2 Å².